The molecule has 22 heavy (non-hydrogen) atoms. The van der Waals surface area contributed by atoms with Gasteiger partial charge in [0.05, 0.1) is 0 Å². The van der Waals surface area contributed by atoms with E-state index in [0.29, 0.717) is 0 Å². The zero-order valence-electron chi connectivity index (χ0n) is 14.0. The molecule has 0 saturated heterocycles. The number of aromatic nitrogens is 1. The molecule has 114 valence electrons. The van der Waals surface area contributed by atoms with Crippen molar-refractivity contribution in [2.75, 3.05) is 9.80 Å². The van der Waals surface area contributed by atoms with Gasteiger partial charge in [-0.2, -0.15) is 0 Å². The van der Waals surface area contributed by atoms with Gasteiger partial charge in [0, 0.05) is 23.8 Å². The largest absolute Gasteiger partial charge is 0.325 e. The number of pyridine rings is 1. The van der Waals surface area contributed by atoms with Crippen molar-refractivity contribution >= 4 is 11.5 Å². The van der Waals surface area contributed by atoms with Crippen molar-refractivity contribution in [2.45, 2.75) is 40.8 Å². The molecular formula is C19H23N3. The first kappa shape index (κ1) is 14.6. The van der Waals surface area contributed by atoms with Crippen LogP contribution in [-0.4, -0.2) is 11.1 Å². The number of benzene rings is 1. The second-order valence-corrected chi connectivity index (χ2v) is 6.13. The predicted molar refractivity (Wildman–Crippen MR) is 93.2 cm³/mol. The lowest BCUT2D eigenvalue weighted by molar-refractivity contribution is 0.737. The zero-order chi connectivity index (χ0) is 15.9. The van der Waals surface area contributed by atoms with Crippen LogP contribution in [0.3, 0.4) is 0 Å². The first-order valence-electron chi connectivity index (χ1n) is 7.74. The van der Waals surface area contributed by atoms with Crippen LogP contribution in [0.25, 0.3) is 0 Å². The number of nitrogens with zero attached hydrogens (tertiary/aromatic N) is 3. The Morgan fingerprint density at radius 2 is 1.55 bits per heavy atom. The van der Waals surface area contributed by atoms with E-state index in [2.05, 4.69) is 79.1 Å². The van der Waals surface area contributed by atoms with Crippen molar-refractivity contribution in [1.82, 2.24) is 4.98 Å². The summed E-state index contributed by atoms with van der Waals surface area (Å²) in [5, 5.41) is 0. The first-order valence-corrected chi connectivity index (χ1v) is 7.74. The third-order valence-corrected chi connectivity index (χ3v) is 4.22. The fraction of sp³-hybridized carbons (Fsp3) is 0.316. The molecule has 2 heterocycles. The number of hydrogen-bond acceptors (Lipinski definition) is 3. The average molecular weight is 293 g/mol. The summed E-state index contributed by atoms with van der Waals surface area (Å²) in [5.74, 6) is 0.994. The molecule has 1 atom stereocenters. The normalized spacial score (nSPS) is 17.4. The molecule has 0 aliphatic carbocycles. The summed E-state index contributed by atoms with van der Waals surface area (Å²) in [6.07, 6.45) is 4.49. The number of hydrogen-bond donors (Lipinski definition) is 0. The van der Waals surface area contributed by atoms with E-state index in [1.165, 1.54) is 22.4 Å². The van der Waals surface area contributed by atoms with Crippen LogP contribution in [0.15, 0.2) is 42.7 Å². The molecule has 0 saturated carbocycles. The number of rotatable bonds is 2. The highest BCUT2D eigenvalue weighted by molar-refractivity contribution is 5.66. The molecule has 2 aromatic rings. The zero-order valence-corrected chi connectivity index (χ0v) is 14.0. The minimum Gasteiger partial charge on any atom is -0.325 e. The molecule has 0 N–H and O–H groups in total. The summed E-state index contributed by atoms with van der Waals surface area (Å²) >= 11 is 0. The lowest BCUT2D eigenvalue weighted by Crippen LogP contribution is -2.37. The van der Waals surface area contributed by atoms with E-state index in [4.69, 9.17) is 0 Å². The predicted octanol–water partition coefficient (Wildman–Crippen LogP) is 4.46. The van der Waals surface area contributed by atoms with Gasteiger partial charge < -0.3 is 9.80 Å². The molecule has 1 aliphatic rings. The number of aryl methyl sites for hydroxylation is 4. The fourth-order valence-corrected chi connectivity index (χ4v) is 3.31. The summed E-state index contributed by atoms with van der Waals surface area (Å²) in [4.78, 5) is 9.18. The standard InChI is InChI=1S/C19H23N3/c1-13-11-14(2)19(15(3)12-13)22-10-9-21(17(22)5)18-8-6-7-16(4)20-18/h6-12,17H,1-5H3. The van der Waals surface area contributed by atoms with Gasteiger partial charge in [-0.15, -0.1) is 0 Å². The smallest absolute Gasteiger partial charge is 0.134 e. The SMILES string of the molecule is Cc1cc(C)c(N2C=CN(c3cccc(C)n3)C2C)c(C)c1. The molecule has 1 unspecified atom stereocenters. The van der Waals surface area contributed by atoms with Gasteiger partial charge in [0.1, 0.15) is 12.0 Å². The van der Waals surface area contributed by atoms with E-state index >= 15 is 0 Å². The van der Waals surface area contributed by atoms with Crippen LogP contribution in [0.2, 0.25) is 0 Å². The summed E-state index contributed by atoms with van der Waals surface area (Å²) in [7, 11) is 0. The van der Waals surface area contributed by atoms with Gasteiger partial charge in [0.25, 0.3) is 0 Å². The molecule has 3 heteroatoms. The third-order valence-electron chi connectivity index (χ3n) is 4.22. The van der Waals surface area contributed by atoms with Crippen LogP contribution < -0.4 is 9.80 Å². The topological polar surface area (TPSA) is 19.4 Å². The maximum atomic E-state index is 4.64. The maximum Gasteiger partial charge on any atom is 0.134 e. The summed E-state index contributed by atoms with van der Waals surface area (Å²) in [6.45, 7) is 10.8. The fourth-order valence-electron chi connectivity index (χ4n) is 3.31. The van der Waals surface area contributed by atoms with E-state index < -0.39 is 0 Å². The van der Waals surface area contributed by atoms with Gasteiger partial charge in [0.15, 0.2) is 0 Å². The lowest BCUT2D eigenvalue weighted by Gasteiger charge is -2.31. The van der Waals surface area contributed by atoms with Crippen molar-refractivity contribution in [3.63, 3.8) is 0 Å². The monoisotopic (exact) mass is 293 g/mol. The quantitative estimate of drug-likeness (QED) is 0.815. The van der Waals surface area contributed by atoms with Gasteiger partial charge >= 0.3 is 0 Å². The maximum absolute atomic E-state index is 4.64. The number of anilines is 2. The van der Waals surface area contributed by atoms with E-state index in [0.717, 1.165) is 11.5 Å². The molecule has 0 radical (unpaired) electrons. The van der Waals surface area contributed by atoms with Gasteiger partial charge in [-0.1, -0.05) is 23.8 Å². The average Bonchev–Trinajstić information content (AvgIpc) is 2.80. The van der Waals surface area contributed by atoms with Crippen molar-refractivity contribution in [3.8, 4) is 0 Å². The third kappa shape index (κ3) is 2.47. The van der Waals surface area contributed by atoms with Gasteiger partial charge in [-0.05, 0) is 57.9 Å². The van der Waals surface area contributed by atoms with Crippen molar-refractivity contribution in [1.29, 1.82) is 0 Å². The Morgan fingerprint density at radius 3 is 2.18 bits per heavy atom. The highest BCUT2D eigenvalue weighted by Crippen LogP contribution is 2.33. The molecule has 1 aliphatic heterocycles. The van der Waals surface area contributed by atoms with E-state index in [9.17, 15) is 0 Å². The summed E-state index contributed by atoms with van der Waals surface area (Å²) in [6, 6.07) is 10.6. The molecule has 0 bridgehead atoms. The van der Waals surface area contributed by atoms with Crippen LogP contribution in [0.4, 0.5) is 11.5 Å². The highest BCUT2D eigenvalue weighted by Gasteiger charge is 2.27. The van der Waals surface area contributed by atoms with E-state index in [-0.39, 0.29) is 6.17 Å². The Labute approximate surface area is 132 Å². The second kappa shape index (κ2) is 5.48. The minimum absolute atomic E-state index is 0.217. The summed E-state index contributed by atoms with van der Waals surface area (Å²) in [5.41, 5.74) is 6.27. The van der Waals surface area contributed by atoms with Crippen LogP contribution >= 0.6 is 0 Å². The molecular weight excluding hydrogens is 270 g/mol. The molecule has 3 rings (SSSR count). The van der Waals surface area contributed by atoms with Gasteiger partial charge in [-0.25, -0.2) is 4.98 Å². The van der Waals surface area contributed by atoms with Gasteiger partial charge in [-0.3, -0.25) is 0 Å². The Morgan fingerprint density at radius 1 is 0.909 bits per heavy atom. The second-order valence-electron chi connectivity index (χ2n) is 6.13. The van der Waals surface area contributed by atoms with Crippen molar-refractivity contribution in [3.05, 3.63) is 65.1 Å². The first-order chi connectivity index (χ1) is 10.5. The Hall–Kier alpha value is -2.29. The Balaban J connectivity index is 1.95. The molecule has 0 fully saturated rings. The molecule has 0 amide bonds. The van der Waals surface area contributed by atoms with Gasteiger partial charge in [0.2, 0.25) is 0 Å². The van der Waals surface area contributed by atoms with Crippen LogP contribution in [0.5, 0.6) is 0 Å². The molecule has 1 aromatic carbocycles. The van der Waals surface area contributed by atoms with Crippen molar-refractivity contribution < 1.29 is 0 Å². The molecule has 1 aromatic heterocycles. The minimum atomic E-state index is 0.217. The highest BCUT2D eigenvalue weighted by atomic mass is 15.4. The van der Waals surface area contributed by atoms with Crippen molar-refractivity contribution in [2.24, 2.45) is 0 Å². The van der Waals surface area contributed by atoms with Crippen LogP contribution in [-0.2, 0) is 0 Å². The van der Waals surface area contributed by atoms with E-state index in [1.54, 1.807) is 0 Å². The summed E-state index contributed by atoms with van der Waals surface area (Å²) < 4.78 is 0. The van der Waals surface area contributed by atoms with Crippen LogP contribution in [0.1, 0.15) is 29.3 Å². The molecule has 3 nitrogen and oxygen atoms in total. The Kier molecular flexibility index (Phi) is 3.65. The van der Waals surface area contributed by atoms with E-state index in [1.807, 2.05) is 13.0 Å². The Bertz CT molecular complexity index is 710. The lowest BCUT2D eigenvalue weighted by atomic mass is 10.0. The van der Waals surface area contributed by atoms with Crippen LogP contribution in [0, 0.1) is 27.7 Å². The molecule has 0 spiro atoms.